The third kappa shape index (κ3) is 1.89. The van der Waals surface area contributed by atoms with Crippen molar-refractivity contribution in [1.82, 2.24) is 10.2 Å². The summed E-state index contributed by atoms with van der Waals surface area (Å²) in [5, 5.41) is 2.21. The summed E-state index contributed by atoms with van der Waals surface area (Å²) in [5.41, 5.74) is 3.77. The summed E-state index contributed by atoms with van der Waals surface area (Å²) in [5.74, 6) is -1.39. The highest BCUT2D eigenvalue weighted by atomic mass is 16.5. The van der Waals surface area contributed by atoms with Crippen molar-refractivity contribution in [3.8, 4) is 0 Å². The molecule has 0 spiro atoms. The first kappa shape index (κ1) is 13.0. The van der Waals surface area contributed by atoms with Crippen LogP contribution in [0.15, 0.2) is 0 Å². The Hall–Kier alpha value is -1.47. The number of nitrogens with one attached hydrogen (secondary N) is 1. The maximum Gasteiger partial charge on any atom is 0.252 e. The molecule has 1 unspecified atom stereocenters. The van der Waals surface area contributed by atoms with E-state index in [1.165, 1.54) is 4.90 Å². The van der Waals surface area contributed by atoms with E-state index < -0.39 is 28.8 Å². The Kier molecular flexibility index (Phi) is 2.90. The predicted molar refractivity (Wildman–Crippen MR) is 61.3 cm³/mol. The number of nitrogens with two attached hydrogens (primary N) is 1. The Bertz CT molecular complexity index is 413. The number of hydrogen-bond donors (Lipinski definition) is 2. The topological polar surface area (TPSA) is 102 Å². The molecule has 0 bridgehead atoms. The molecule has 2 aliphatic rings. The number of piperazine rings is 1. The van der Waals surface area contributed by atoms with Crippen LogP contribution in [-0.2, 0) is 19.1 Å². The number of ether oxygens (including phenoxy) is 1. The summed E-state index contributed by atoms with van der Waals surface area (Å²) in [7, 11) is 0. The second kappa shape index (κ2) is 4.03. The van der Waals surface area contributed by atoms with Crippen molar-refractivity contribution >= 4 is 17.7 Å². The van der Waals surface area contributed by atoms with Crippen LogP contribution in [0.4, 0.5) is 0 Å². The van der Waals surface area contributed by atoms with Gasteiger partial charge in [0.25, 0.3) is 5.91 Å². The van der Waals surface area contributed by atoms with E-state index in [1.807, 2.05) is 0 Å². The van der Waals surface area contributed by atoms with Gasteiger partial charge in [0, 0.05) is 6.61 Å². The Labute approximate surface area is 105 Å². The van der Waals surface area contributed by atoms with Crippen molar-refractivity contribution in [2.75, 3.05) is 19.8 Å². The minimum Gasteiger partial charge on any atom is -0.379 e. The lowest BCUT2D eigenvalue weighted by Gasteiger charge is -2.43. The molecular formula is C11H17N3O4. The summed E-state index contributed by atoms with van der Waals surface area (Å²) in [4.78, 5) is 36.8. The fourth-order valence-electron chi connectivity index (χ4n) is 2.13. The van der Waals surface area contributed by atoms with E-state index in [2.05, 4.69) is 5.32 Å². The average molecular weight is 255 g/mol. The zero-order valence-electron chi connectivity index (χ0n) is 10.5. The van der Waals surface area contributed by atoms with Crippen molar-refractivity contribution in [3.05, 3.63) is 0 Å². The molecule has 0 aromatic rings. The lowest BCUT2D eigenvalue weighted by molar-refractivity contribution is -0.158. The quantitative estimate of drug-likeness (QED) is 0.548. The first-order valence-electron chi connectivity index (χ1n) is 5.80. The SMILES string of the molecule is CC1(C)C(=O)NC(=O)CN1C(=O)C1(N)CCOC1. The smallest absolute Gasteiger partial charge is 0.252 e. The highest BCUT2D eigenvalue weighted by Crippen LogP contribution is 2.25. The standard InChI is InChI=1S/C11H17N3O4/c1-10(2)8(16)13-7(15)5-14(10)9(17)11(12)3-4-18-6-11/h3-6,12H2,1-2H3,(H,13,15,16). The first-order chi connectivity index (χ1) is 8.27. The van der Waals surface area contributed by atoms with Crippen molar-refractivity contribution in [3.63, 3.8) is 0 Å². The molecule has 100 valence electrons. The van der Waals surface area contributed by atoms with Gasteiger partial charge in [-0.2, -0.15) is 0 Å². The Morgan fingerprint density at radius 2 is 2.11 bits per heavy atom. The molecular weight excluding hydrogens is 238 g/mol. The van der Waals surface area contributed by atoms with E-state index in [9.17, 15) is 14.4 Å². The van der Waals surface area contributed by atoms with Gasteiger partial charge < -0.3 is 15.4 Å². The number of carbonyl (C=O) groups excluding carboxylic acids is 3. The molecule has 2 fully saturated rings. The van der Waals surface area contributed by atoms with Crippen molar-refractivity contribution in [2.24, 2.45) is 5.73 Å². The summed E-state index contributed by atoms with van der Waals surface area (Å²) in [6.07, 6.45) is 0.397. The van der Waals surface area contributed by atoms with Crippen LogP contribution in [0.2, 0.25) is 0 Å². The van der Waals surface area contributed by atoms with Crippen molar-refractivity contribution in [1.29, 1.82) is 0 Å². The molecule has 18 heavy (non-hydrogen) atoms. The number of rotatable bonds is 1. The highest BCUT2D eigenvalue weighted by Gasteiger charge is 2.50. The number of imide groups is 1. The Balaban J connectivity index is 2.27. The van der Waals surface area contributed by atoms with Crippen LogP contribution in [0.1, 0.15) is 20.3 Å². The minimum absolute atomic E-state index is 0.119. The summed E-state index contributed by atoms with van der Waals surface area (Å²) < 4.78 is 5.14. The molecule has 0 aliphatic carbocycles. The second-order valence-electron chi connectivity index (χ2n) is 5.29. The molecule has 2 saturated heterocycles. The molecule has 7 nitrogen and oxygen atoms in total. The highest BCUT2D eigenvalue weighted by molar-refractivity contribution is 6.07. The van der Waals surface area contributed by atoms with Crippen molar-refractivity contribution < 1.29 is 19.1 Å². The van der Waals surface area contributed by atoms with Crippen LogP contribution < -0.4 is 11.1 Å². The van der Waals surface area contributed by atoms with Crippen LogP contribution >= 0.6 is 0 Å². The zero-order chi connectivity index (χ0) is 13.6. The number of nitrogens with zero attached hydrogens (tertiary/aromatic N) is 1. The molecule has 0 aromatic heterocycles. The van der Waals surface area contributed by atoms with E-state index in [1.54, 1.807) is 13.8 Å². The molecule has 1 atom stereocenters. The van der Waals surface area contributed by atoms with Crippen LogP contribution in [0.5, 0.6) is 0 Å². The molecule has 0 radical (unpaired) electrons. The first-order valence-corrected chi connectivity index (χ1v) is 5.80. The molecule has 2 heterocycles. The second-order valence-corrected chi connectivity index (χ2v) is 5.29. The van der Waals surface area contributed by atoms with E-state index in [0.29, 0.717) is 13.0 Å². The van der Waals surface area contributed by atoms with Crippen LogP contribution in [-0.4, -0.2) is 53.5 Å². The largest absolute Gasteiger partial charge is 0.379 e. The number of hydrogen-bond acceptors (Lipinski definition) is 5. The Morgan fingerprint density at radius 3 is 2.67 bits per heavy atom. The van der Waals surface area contributed by atoms with Gasteiger partial charge in [-0.3, -0.25) is 19.7 Å². The van der Waals surface area contributed by atoms with E-state index in [4.69, 9.17) is 10.5 Å². The van der Waals surface area contributed by atoms with Gasteiger partial charge in [0.05, 0.1) is 6.61 Å². The Morgan fingerprint density at radius 1 is 1.44 bits per heavy atom. The molecule has 0 aromatic carbocycles. The summed E-state index contributed by atoms with van der Waals surface area (Å²) >= 11 is 0. The number of amides is 3. The third-order valence-corrected chi connectivity index (χ3v) is 3.51. The van der Waals surface area contributed by atoms with Gasteiger partial charge in [-0.05, 0) is 20.3 Å². The van der Waals surface area contributed by atoms with E-state index >= 15 is 0 Å². The van der Waals surface area contributed by atoms with Crippen molar-refractivity contribution in [2.45, 2.75) is 31.3 Å². The maximum absolute atomic E-state index is 12.4. The molecule has 0 saturated carbocycles. The van der Waals surface area contributed by atoms with E-state index in [-0.39, 0.29) is 13.2 Å². The van der Waals surface area contributed by atoms with Gasteiger partial charge in [-0.15, -0.1) is 0 Å². The number of carbonyl (C=O) groups is 3. The van der Waals surface area contributed by atoms with Crippen LogP contribution in [0.3, 0.4) is 0 Å². The minimum atomic E-state index is -1.13. The summed E-state index contributed by atoms with van der Waals surface area (Å²) in [6.45, 7) is 3.55. The van der Waals surface area contributed by atoms with E-state index in [0.717, 1.165) is 0 Å². The monoisotopic (exact) mass is 255 g/mol. The van der Waals surface area contributed by atoms with Gasteiger partial charge >= 0.3 is 0 Å². The fraction of sp³-hybridized carbons (Fsp3) is 0.727. The van der Waals surface area contributed by atoms with Gasteiger partial charge in [0.1, 0.15) is 17.6 Å². The molecule has 3 N–H and O–H groups in total. The molecule has 7 heteroatoms. The van der Waals surface area contributed by atoms with Gasteiger partial charge in [-0.1, -0.05) is 0 Å². The molecule has 2 rings (SSSR count). The molecule has 3 amide bonds. The average Bonchev–Trinajstić information content (AvgIpc) is 2.71. The lowest BCUT2D eigenvalue weighted by atomic mass is 9.92. The van der Waals surface area contributed by atoms with Gasteiger partial charge in [-0.25, -0.2) is 0 Å². The van der Waals surface area contributed by atoms with Gasteiger partial charge in [0.2, 0.25) is 11.8 Å². The predicted octanol–water partition coefficient (Wildman–Crippen LogP) is -1.63. The normalized spacial score (nSPS) is 31.4. The van der Waals surface area contributed by atoms with Crippen LogP contribution in [0, 0.1) is 0 Å². The van der Waals surface area contributed by atoms with Crippen LogP contribution in [0.25, 0.3) is 0 Å². The maximum atomic E-state index is 12.4. The zero-order valence-corrected chi connectivity index (χ0v) is 10.5. The fourth-order valence-corrected chi connectivity index (χ4v) is 2.13. The lowest BCUT2D eigenvalue weighted by Crippen LogP contribution is -2.70. The third-order valence-electron chi connectivity index (χ3n) is 3.51. The van der Waals surface area contributed by atoms with Gasteiger partial charge in [0.15, 0.2) is 0 Å². The molecule has 2 aliphatic heterocycles. The summed E-state index contributed by atoms with van der Waals surface area (Å²) in [6, 6.07) is 0.